The number of ether oxygens (including phenoxy) is 1. The molecule has 0 aliphatic rings. The van der Waals surface area contributed by atoms with E-state index in [1.807, 2.05) is 24.3 Å². The number of para-hydroxylation sites is 1. The maximum absolute atomic E-state index is 14.1. The monoisotopic (exact) mass is 375 g/mol. The van der Waals surface area contributed by atoms with Crippen LogP contribution in [-0.4, -0.2) is 34.5 Å². The minimum atomic E-state index is -0.441. The van der Waals surface area contributed by atoms with Crippen molar-refractivity contribution in [1.82, 2.24) is 14.5 Å². The van der Waals surface area contributed by atoms with Crippen LogP contribution >= 0.6 is 0 Å². The number of fused-ring (bicyclic) bond motifs is 1. The van der Waals surface area contributed by atoms with Crippen molar-refractivity contribution in [1.29, 1.82) is 0 Å². The Morgan fingerprint density at radius 2 is 1.86 bits per heavy atom. The number of halogens is 1. The van der Waals surface area contributed by atoms with E-state index >= 15 is 0 Å². The van der Waals surface area contributed by atoms with Crippen LogP contribution in [-0.2, 0) is 0 Å². The number of hydrogen-bond donors (Lipinski definition) is 0. The highest BCUT2D eigenvalue weighted by molar-refractivity contribution is 5.96. The molecule has 2 aromatic carbocycles. The van der Waals surface area contributed by atoms with Crippen LogP contribution in [0.5, 0.6) is 11.5 Å². The van der Waals surface area contributed by atoms with Crippen LogP contribution in [0.3, 0.4) is 0 Å². The minimum Gasteiger partial charge on any atom is -0.452 e. The van der Waals surface area contributed by atoms with Crippen molar-refractivity contribution in [3.05, 3.63) is 84.4 Å². The summed E-state index contributed by atoms with van der Waals surface area (Å²) < 4.78 is 21.6. The van der Waals surface area contributed by atoms with Gasteiger partial charge in [-0.1, -0.05) is 24.3 Å². The van der Waals surface area contributed by atoms with Crippen LogP contribution < -0.4 is 4.74 Å². The lowest BCUT2D eigenvalue weighted by molar-refractivity contribution is 0.0827. The van der Waals surface area contributed by atoms with Crippen molar-refractivity contribution in [3.8, 4) is 22.6 Å². The largest absolute Gasteiger partial charge is 0.452 e. The third-order valence-corrected chi connectivity index (χ3v) is 4.40. The van der Waals surface area contributed by atoms with E-state index in [-0.39, 0.29) is 11.7 Å². The summed E-state index contributed by atoms with van der Waals surface area (Å²) in [5.74, 6) is 0.0965. The average Bonchev–Trinajstić information content (AvgIpc) is 3.14. The zero-order valence-corrected chi connectivity index (χ0v) is 15.5. The number of rotatable bonds is 4. The molecule has 0 saturated carbocycles. The highest BCUT2D eigenvalue weighted by atomic mass is 19.1. The van der Waals surface area contributed by atoms with E-state index in [9.17, 15) is 9.18 Å². The van der Waals surface area contributed by atoms with Crippen molar-refractivity contribution in [3.63, 3.8) is 0 Å². The summed E-state index contributed by atoms with van der Waals surface area (Å²) in [6.45, 7) is 0. The van der Waals surface area contributed by atoms with E-state index < -0.39 is 5.82 Å². The molecule has 0 spiro atoms. The Morgan fingerprint density at radius 3 is 2.64 bits per heavy atom. The summed E-state index contributed by atoms with van der Waals surface area (Å²) in [5, 5.41) is 4.31. The summed E-state index contributed by atoms with van der Waals surface area (Å²) in [4.78, 5) is 13.9. The molecule has 0 saturated heterocycles. The average molecular weight is 375 g/mol. The van der Waals surface area contributed by atoms with Gasteiger partial charge in [0.2, 0.25) is 0 Å². The number of amides is 1. The topological polar surface area (TPSA) is 46.8 Å². The maximum Gasteiger partial charge on any atom is 0.253 e. The molecule has 28 heavy (non-hydrogen) atoms. The Kier molecular flexibility index (Phi) is 4.53. The molecule has 0 radical (unpaired) electrons. The van der Waals surface area contributed by atoms with E-state index in [1.165, 1.54) is 11.0 Å². The van der Waals surface area contributed by atoms with E-state index in [1.54, 1.807) is 61.3 Å². The van der Waals surface area contributed by atoms with Gasteiger partial charge in [0.15, 0.2) is 17.3 Å². The van der Waals surface area contributed by atoms with Gasteiger partial charge in [-0.3, -0.25) is 4.79 Å². The van der Waals surface area contributed by atoms with Gasteiger partial charge < -0.3 is 9.64 Å². The van der Waals surface area contributed by atoms with E-state index in [4.69, 9.17) is 4.74 Å². The van der Waals surface area contributed by atoms with E-state index in [0.717, 1.165) is 11.1 Å². The molecule has 2 aromatic heterocycles. The lowest BCUT2D eigenvalue weighted by Crippen LogP contribution is -2.21. The fraction of sp³-hybridized carbons (Fsp3) is 0.0909. The molecule has 1 amide bonds. The summed E-state index contributed by atoms with van der Waals surface area (Å²) in [6.07, 6.45) is 3.40. The van der Waals surface area contributed by atoms with E-state index in [2.05, 4.69) is 5.10 Å². The molecule has 5 nitrogen and oxygen atoms in total. The summed E-state index contributed by atoms with van der Waals surface area (Å²) >= 11 is 0. The molecule has 0 unspecified atom stereocenters. The fourth-order valence-electron chi connectivity index (χ4n) is 3.05. The number of carbonyl (C=O) groups excluding carboxylic acids is 1. The Hall–Kier alpha value is -3.67. The second-order valence-corrected chi connectivity index (χ2v) is 6.53. The predicted octanol–water partition coefficient (Wildman–Crippen LogP) is 4.63. The van der Waals surface area contributed by atoms with Gasteiger partial charge in [-0.15, -0.1) is 0 Å². The Labute approximate surface area is 161 Å². The first-order valence-electron chi connectivity index (χ1n) is 8.75. The molecular weight excluding hydrogens is 357 g/mol. The van der Waals surface area contributed by atoms with Crippen LogP contribution in [0.4, 0.5) is 4.39 Å². The molecule has 4 aromatic rings. The quantitative estimate of drug-likeness (QED) is 0.522. The summed E-state index contributed by atoms with van der Waals surface area (Å²) in [7, 11) is 3.43. The number of hydrogen-bond acceptors (Lipinski definition) is 3. The van der Waals surface area contributed by atoms with Crippen LogP contribution in [0.1, 0.15) is 10.4 Å². The number of benzene rings is 2. The van der Waals surface area contributed by atoms with Crippen molar-refractivity contribution in [2.75, 3.05) is 14.1 Å². The zero-order chi connectivity index (χ0) is 19.7. The van der Waals surface area contributed by atoms with Gasteiger partial charge in [0.05, 0.1) is 6.20 Å². The predicted molar refractivity (Wildman–Crippen MR) is 105 cm³/mol. The van der Waals surface area contributed by atoms with Gasteiger partial charge in [0.1, 0.15) is 5.52 Å². The van der Waals surface area contributed by atoms with Crippen molar-refractivity contribution in [2.24, 2.45) is 0 Å². The smallest absolute Gasteiger partial charge is 0.253 e. The zero-order valence-electron chi connectivity index (χ0n) is 15.5. The lowest BCUT2D eigenvalue weighted by Gasteiger charge is -2.12. The van der Waals surface area contributed by atoms with Crippen molar-refractivity contribution in [2.45, 2.75) is 0 Å². The van der Waals surface area contributed by atoms with Gasteiger partial charge >= 0.3 is 0 Å². The molecule has 0 fully saturated rings. The fourth-order valence-corrected chi connectivity index (χ4v) is 3.05. The molecule has 6 heteroatoms. The molecular formula is C22H18FN3O2. The normalized spacial score (nSPS) is 10.8. The number of aromatic nitrogens is 2. The number of carbonyl (C=O) groups is 1. The van der Waals surface area contributed by atoms with E-state index in [0.29, 0.717) is 16.8 Å². The van der Waals surface area contributed by atoms with Gasteiger partial charge in [-0.2, -0.15) is 5.10 Å². The molecule has 4 rings (SSSR count). The van der Waals surface area contributed by atoms with Gasteiger partial charge in [0, 0.05) is 37.5 Å². The molecule has 0 bridgehead atoms. The van der Waals surface area contributed by atoms with Crippen LogP contribution in [0, 0.1) is 5.82 Å². The Balaban J connectivity index is 1.82. The summed E-state index contributed by atoms with van der Waals surface area (Å²) in [6, 6.07) is 17.2. The molecule has 0 aliphatic carbocycles. The van der Waals surface area contributed by atoms with Gasteiger partial charge in [0.25, 0.3) is 5.91 Å². The highest BCUT2D eigenvalue weighted by Gasteiger charge is 2.15. The SMILES string of the molecule is CN(C)C(=O)c1cccc(-c2ccn3nccc(Oc4ccccc4F)c23)c1. The molecule has 0 atom stereocenters. The molecule has 140 valence electrons. The first-order chi connectivity index (χ1) is 13.5. The molecule has 2 heterocycles. The van der Waals surface area contributed by atoms with Crippen molar-refractivity contribution < 1.29 is 13.9 Å². The van der Waals surface area contributed by atoms with Gasteiger partial charge in [-0.25, -0.2) is 8.91 Å². The van der Waals surface area contributed by atoms with Gasteiger partial charge in [-0.05, 0) is 35.9 Å². The lowest BCUT2D eigenvalue weighted by atomic mass is 10.0. The minimum absolute atomic E-state index is 0.0775. The maximum atomic E-state index is 14.1. The second kappa shape index (κ2) is 7.15. The highest BCUT2D eigenvalue weighted by Crippen LogP contribution is 2.35. The first-order valence-corrected chi connectivity index (χ1v) is 8.75. The third-order valence-electron chi connectivity index (χ3n) is 4.40. The van der Waals surface area contributed by atoms with Crippen molar-refractivity contribution >= 4 is 11.4 Å². The standard InChI is InChI=1S/C22H18FN3O2/c1-25(2)22(27)16-7-5-6-15(14-16)17-11-13-26-21(17)20(10-12-24-26)28-19-9-4-3-8-18(19)23/h3-14H,1-2H3. The summed E-state index contributed by atoms with van der Waals surface area (Å²) in [5.41, 5.74) is 2.97. The second-order valence-electron chi connectivity index (χ2n) is 6.53. The number of nitrogens with zero attached hydrogens (tertiary/aromatic N) is 3. The van der Waals surface area contributed by atoms with Crippen LogP contribution in [0.25, 0.3) is 16.6 Å². The Morgan fingerprint density at radius 1 is 1.04 bits per heavy atom. The first kappa shape index (κ1) is 17.7. The third kappa shape index (κ3) is 3.20. The van der Waals surface area contributed by atoms with Crippen LogP contribution in [0.15, 0.2) is 73.1 Å². The van der Waals surface area contributed by atoms with Crippen LogP contribution in [0.2, 0.25) is 0 Å². The Bertz CT molecular complexity index is 1170. The molecule has 0 aliphatic heterocycles. The molecule has 0 N–H and O–H groups in total.